The maximum absolute atomic E-state index is 12.3. The van der Waals surface area contributed by atoms with Crippen molar-refractivity contribution in [2.24, 2.45) is 0 Å². The third kappa shape index (κ3) is 8.67. The van der Waals surface area contributed by atoms with Crippen LogP contribution in [0.4, 0.5) is 4.79 Å². The molecule has 0 heterocycles. The van der Waals surface area contributed by atoms with Crippen molar-refractivity contribution in [1.29, 1.82) is 0 Å². The van der Waals surface area contributed by atoms with Gasteiger partial charge in [0.2, 0.25) is 0 Å². The lowest BCUT2D eigenvalue weighted by Crippen LogP contribution is -2.50. The number of rotatable bonds is 9. The summed E-state index contributed by atoms with van der Waals surface area (Å²) >= 11 is 0. The summed E-state index contributed by atoms with van der Waals surface area (Å²) < 4.78 is 5.37. The molecule has 0 aromatic heterocycles. The van der Waals surface area contributed by atoms with E-state index in [2.05, 4.69) is 29.7 Å². The van der Waals surface area contributed by atoms with Crippen molar-refractivity contribution in [3.05, 3.63) is 71.3 Å². The first-order valence-electron chi connectivity index (χ1n) is 10.2. The molecular weight excluding hydrogens is 364 g/mol. The number of carbonyl (C=O) groups excluding carboxylic acids is 1. The highest BCUT2D eigenvalue weighted by atomic mass is 16.6. The monoisotopic (exact) mass is 398 g/mol. The molecule has 0 bridgehead atoms. The van der Waals surface area contributed by atoms with Gasteiger partial charge in [-0.1, -0.05) is 54.6 Å². The number of amides is 1. The van der Waals surface area contributed by atoms with Crippen molar-refractivity contribution < 1.29 is 14.6 Å². The first kappa shape index (κ1) is 22.9. The van der Waals surface area contributed by atoms with Crippen molar-refractivity contribution in [1.82, 2.24) is 10.6 Å². The Hall–Kier alpha value is -2.37. The van der Waals surface area contributed by atoms with E-state index in [9.17, 15) is 9.90 Å². The molecule has 2 atom stereocenters. The molecule has 0 aliphatic carbocycles. The molecular formula is C24H34N2O3. The Bertz CT molecular complexity index is 756. The van der Waals surface area contributed by atoms with Crippen molar-refractivity contribution in [2.75, 3.05) is 13.1 Å². The highest BCUT2D eigenvalue weighted by Gasteiger charge is 2.24. The number of ether oxygens (including phenoxy) is 1. The highest BCUT2D eigenvalue weighted by molar-refractivity contribution is 5.68. The fourth-order valence-electron chi connectivity index (χ4n) is 3.12. The van der Waals surface area contributed by atoms with E-state index in [4.69, 9.17) is 4.74 Å². The fourth-order valence-corrected chi connectivity index (χ4v) is 3.12. The minimum absolute atomic E-state index is 0.388. The van der Waals surface area contributed by atoms with Crippen LogP contribution in [-0.2, 0) is 17.6 Å². The summed E-state index contributed by atoms with van der Waals surface area (Å²) in [7, 11) is 0. The lowest BCUT2D eigenvalue weighted by atomic mass is 10.0. The quantitative estimate of drug-likeness (QED) is 0.564. The van der Waals surface area contributed by atoms with Gasteiger partial charge in [0, 0.05) is 6.54 Å². The molecule has 3 N–H and O–H groups in total. The number of nitrogens with one attached hydrogen (secondary N) is 2. The van der Waals surface area contributed by atoms with Crippen LogP contribution in [-0.4, -0.2) is 42.0 Å². The third-order valence-corrected chi connectivity index (χ3v) is 4.65. The van der Waals surface area contributed by atoms with E-state index in [1.807, 2.05) is 63.2 Å². The van der Waals surface area contributed by atoms with Crippen LogP contribution in [0.3, 0.4) is 0 Å². The van der Waals surface area contributed by atoms with Gasteiger partial charge in [-0.15, -0.1) is 0 Å². The molecule has 0 fully saturated rings. The van der Waals surface area contributed by atoms with Gasteiger partial charge in [0.25, 0.3) is 0 Å². The Labute approximate surface area is 174 Å². The SMILES string of the molecule is Cc1ccccc1CCNC[C@@H](O)[C@H](Cc1ccccc1)NC(=O)OC(C)(C)C. The van der Waals surface area contributed by atoms with E-state index in [1.165, 1.54) is 11.1 Å². The Morgan fingerprint density at radius 2 is 1.72 bits per heavy atom. The van der Waals surface area contributed by atoms with Gasteiger partial charge >= 0.3 is 6.09 Å². The molecule has 29 heavy (non-hydrogen) atoms. The second-order valence-electron chi connectivity index (χ2n) is 8.39. The van der Waals surface area contributed by atoms with E-state index in [1.54, 1.807) is 0 Å². The lowest BCUT2D eigenvalue weighted by molar-refractivity contribution is 0.0423. The van der Waals surface area contributed by atoms with Crippen molar-refractivity contribution in [2.45, 2.75) is 58.3 Å². The van der Waals surface area contributed by atoms with Crippen LogP contribution in [0.5, 0.6) is 0 Å². The Balaban J connectivity index is 1.91. The fraction of sp³-hybridized carbons (Fsp3) is 0.458. The summed E-state index contributed by atoms with van der Waals surface area (Å²) in [5, 5.41) is 16.9. The zero-order chi connectivity index (χ0) is 21.3. The molecule has 2 aromatic carbocycles. The summed E-state index contributed by atoms with van der Waals surface area (Å²) in [6, 6.07) is 17.7. The van der Waals surface area contributed by atoms with Gasteiger partial charge in [0.1, 0.15) is 5.60 Å². The van der Waals surface area contributed by atoms with E-state index >= 15 is 0 Å². The van der Waals surface area contributed by atoms with Gasteiger partial charge in [-0.2, -0.15) is 0 Å². The predicted molar refractivity (Wildman–Crippen MR) is 117 cm³/mol. The zero-order valence-corrected chi connectivity index (χ0v) is 17.9. The number of aliphatic hydroxyl groups excluding tert-OH is 1. The van der Waals surface area contributed by atoms with Gasteiger partial charge in [0.15, 0.2) is 0 Å². The third-order valence-electron chi connectivity index (χ3n) is 4.65. The van der Waals surface area contributed by atoms with Gasteiger partial charge < -0.3 is 20.5 Å². The van der Waals surface area contributed by atoms with Crippen LogP contribution in [0.2, 0.25) is 0 Å². The number of hydrogen-bond acceptors (Lipinski definition) is 4. The predicted octanol–water partition coefficient (Wildman–Crippen LogP) is 3.62. The number of benzene rings is 2. The summed E-state index contributed by atoms with van der Waals surface area (Å²) in [4.78, 5) is 12.3. The van der Waals surface area contributed by atoms with E-state index in [0.29, 0.717) is 13.0 Å². The summed E-state index contributed by atoms with van der Waals surface area (Å²) in [5.41, 5.74) is 3.02. The van der Waals surface area contributed by atoms with Crippen molar-refractivity contribution in [3.8, 4) is 0 Å². The molecule has 0 unspecified atom stereocenters. The van der Waals surface area contributed by atoms with Crippen LogP contribution in [0.25, 0.3) is 0 Å². The topological polar surface area (TPSA) is 70.6 Å². The van der Waals surface area contributed by atoms with Crippen LogP contribution < -0.4 is 10.6 Å². The largest absolute Gasteiger partial charge is 0.444 e. The average molecular weight is 399 g/mol. The first-order valence-corrected chi connectivity index (χ1v) is 10.2. The standard InChI is InChI=1S/C24H34N2O3/c1-18-10-8-9-13-20(18)14-15-25-17-22(27)21(16-19-11-6-5-7-12-19)26-23(28)29-24(2,3)4/h5-13,21-22,25,27H,14-17H2,1-4H3,(H,26,28)/t21-,22+/m0/s1. The molecule has 2 aromatic rings. The van der Waals surface area contributed by atoms with Crippen LogP contribution in [0.15, 0.2) is 54.6 Å². The molecule has 0 aliphatic heterocycles. The van der Waals surface area contributed by atoms with E-state index in [0.717, 1.165) is 18.5 Å². The molecule has 5 nitrogen and oxygen atoms in total. The number of carbonyl (C=O) groups is 1. The van der Waals surface area contributed by atoms with Gasteiger partial charge in [-0.25, -0.2) is 4.79 Å². The number of hydrogen-bond donors (Lipinski definition) is 3. The lowest BCUT2D eigenvalue weighted by Gasteiger charge is -2.27. The average Bonchev–Trinajstić information content (AvgIpc) is 2.65. The van der Waals surface area contributed by atoms with Gasteiger partial charge in [-0.3, -0.25) is 0 Å². The summed E-state index contributed by atoms with van der Waals surface area (Å²) in [6.45, 7) is 8.71. The smallest absolute Gasteiger partial charge is 0.407 e. The minimum atomic E-state index is -0.736. The van der Waals surface area contributed by atoms with Crippen LogP contribution in [0.1, 0.15) is 37.5 Å². The number of aliphatic hydroxyl groups is 1. The summed E-state index contributed by atoms with van der Waals surface area (Å²) in [6.07, 6.45) is 0.167. The van der Waals surface area contributed by atoms with Gasteiger partial charge in [0.05, 0.1) is 12.1 Å². The van der Waals surface area contributed by atoms with E-state index in [-0.39, 0.29) is 0 Å². The Morgan fingerprint density at radius 3 is 2.38 bits per heavy atom. The second kappa shape index (κ2) is 11.0. The number of alkyl carbamates (subject to hydrolysis) is 1. The maximum atomic E-state index is 12.3. The molecule has 0 radical (unpaired) electrons. The van der Waals surface area contributed by atoms with Crippen LogP contribution in [0, 0.1) is 6.92 Å². The molecule has 0 spiro atoms. The number of aryl methyl sites for hydroxylation is 1. The summed E-state index contributed by atoms with van der Waals surface area (Å²) in [5.74, 6) is 0. The maximum Gasteiger partial charge on any atom is 0.407 e. The van der Waals surface area contributed by atoms with Crippen molar-refractivity contribution in [3.63, 3.8) is 0 Å². The molecule has 158 valence electrons. The molecule has 0 saturated heterocycles. The molecule has 0 saturated carbocycles. The van der Waals surface area contributed by atoms with Crippen LogP contribution >= 0.6 is 0 Å². The molecule has 1 amide bonds. The molecule has 5 heteroatoms. The van der Waals surface area contributed by atoms with E-state index < -0.39 is 23.8 Å². The molecule has 2 rings (SSSR count). The Kier molecular flexibility index (Phi) is 8.68. The molecule has 0 aliphatic rings. The zero-order valence-electron chi connectivity index (χ0n) is 17.9. The van der Waals surface area contributed by atoms with Gasteiger partial charge in [-0.05, 0) is 63.8 Å². The first-order chi connectivity index (χ1) is 13.7. The normalized spacial score (nSPS) is 13.6. The minimum Gasteiger partial charge on any atom is -0.444 e. The van der Waals surface area contributed by atoms with Crippen molar-refractivity contribution >= 4 is 6.09 Å². The Morgan fingerprint density at radius 1 is 1.07 bits per heavy atom. The highest BCUT2D eigenvalue weighted by Crippen LogP contribution is 2.11. The second-order valence-corrected chi connectivity index (χ2v) is 8.39.